The largest absolute Gasteiger partial charge is 0.481 e. The summed E-state index contributed by atoms with van der Waals surface area (Å²) in [4.78, 5) is 32.8. The normalized spacial score (nSPS) is 13.1. The van der Waals surface area contributed by atoms with Crippen LogP contribution < -0.4 is 5.32 Å². The summed E-state index contributed by atoms with van der Waals surface area (Å²) in [5.74, 6) is -2.54. The van der Waals surface area contributed by atoms with Gasteiger partial charge in [0, 0.05) is 24.0 Å². The fourth-order valence-corrected chi connectivity index (χ4v) is 5.98. The van der Waals surface area contributed by atoms with E-state index < -0.39 is 45.2 Å². The van der Waals surface area contributed by atoms with E-state index >= 15 is 0 Å². The second-order valence-electron chi connectivity index (χ2n) is 9.19. The third-order valence-electron chi connectivity index (χ3n) is 6.41. The molecule has 0 radical (unpaired) electrons. The van der Waals surface area contributed by atoms with Crippen LogP contribution in [0.5, 0.6) is 0 Å². The van der Waals surface area contributed by atoms with Crippen molar-refractivity contribution >= 4 is 32.6 Å². The lowest BCUT2D eigenvalue weighted by Gasteiger charge is -2.21. The lowest BCUT2D eigenvalue weighted by Crippen LogP contribution is -2.29. The number of halogens is 1. The first-order valence-corrected chi connectivity index (χ1v) is 14.3. The van der Waals surface area contributed by atoms with Crippen LogP contribution in [0.2, 0.25) is 0 Å². The quantitative estimate of drug-likeness (QED) is 0.241. The number of nitrogens with one attached hydrogen (secondary N) is 1. The molecule has 40 heavy (non-hydrogen) atoms. The monoisotopic (exact) mass is 565 g/mol. The lowest BCUT2D eigenvalue weighted by atomic mass is 10.0. The van der Waals surface area contributed by atoms with Crippen molar-refractivity contribution < 1.29 is 27.5 Å². The molecule has 4 aromatic rings. The Bertz CT molecular complexity index is 1650. The number of nitrogens with zero attached hydrogens (tertiary/aromatic N) is 4. The van der Waals surface area contributed by atoms with Crippen LogP contribution >= 0.6 is 0 Å². The molecule has 3 aromatic heterocycles. The van der Waals surface area contributed by atoms with E-state index in [9.17, 15) is 22.4 Å². The van der Waals surface area contributed by atoms with Gasteiger partial charge in [0.1, 0.15) is 11.1 Å². The maximum atomic E-state index is 13.5. The summed E-state index contributed by atoms with van der Waals surface area (Å²) in [5, 5.41) is 15.7. The Morgan fingerprint density at radius 2 is 1.80 bits per heavy atom. The van der Waals surface area contributed by atoms with Gasteiger partial charge in [-0.3, -0.25) is 19.6 Å². The van der Waals surface area contributed by atoms with Crippen LogP contribution in [-0.2, 0) is 14.6 Å². The van der Waals surface area contributed by atoms with E-state index in [1.54, 1.807) is 41.5 Å². The third-order valence-corrected chi connectivity index (χ3v) is 8.42. The van der Waals surface area contributed by atoms with Gasteiger partial charge in [-0.05, 0) is 47.9 Å². The smallest absolute Gasteiger partial charge is 0.304 e. The number of fused-ring (bicyclic) bond motifs is 1. The van der Waals surface area contributed by atoms with E-state index in [1.807, 2.05) is 6.92 Å². The predicted molar refractivity (Wildman–Crippen MR) is 147 cm³/mol. The number of hydrogen-bond acceptors (Lipinski definition) is 7. The number of carboxylic acid groups (broad SMARTS) is 1. The summed E-state index contributed by atoms with van der Waals surface area (Å²) in [6.45, 7) is 5.58. The number of carbonyl (C=O) groups is 2. The zero-order valence-corrected chi connectivity index (χ0v) is 22.5. The number of carboxylic acids is 1. The van der Waals surface area contributed by atoms with Crippen LogP contribution in [0.4, 0.5) is 4.39 Å². The summed E-state index contributed by atoms with van der Waals surface area (Å²) in [5.41, 5.74) is 2.39. The van der Waals surface area contributed by atoms with Crippen molar-refractivity contribution in [3.63, 3.8) is 0 Å². The van der Waals surface area contributed by atoms with Crippen LogP contribution in [0.1, 0.15) is 59.0 Å². The third kappa shape index (κ3) is 6.23. The van der Waals surface area contributed by atoms with Gasteiger partial charge in [0.25, 0.3) is 5.91 Å². The Morgan fingerprint density at radius 1 is 1.10 bits per heavy atom. The molecule has 0 aliphatic rings. The Hall–Kier alpha value is -4.45. The SMILES string of the molecule is C=CC(c1cncc([C@H](CCC)NC(=O)c2cncc3c2cnn3-c2ccc(F)cc2)c1)S(=O)(=O)CCC(=O)O. The molecule has 0 bridgehead atoms. The molecular weight excluding hydrogens is 537 g/mol. The molecule has 3 heterocycles. The number of aliphatic carboxylic acids is 1. The number of sulfone groups is 1. The fraction of sp³-hybridized carbons (Fsp3) is 0.250. The molecular formula is C28H28FN5O5S. The van der Waals surface area contributed by atoms with Crippen LogP contribution in [0, 0.1) is 5.82 Å². The van der Waals surface area contributed by atoms with Crippen molar-refractivity contribution in [1.29, 1.82) is 0 Å². The van der Waals surface area contributed by atoms with E-state index in [0.29, 0.717) is 40.6 Å². The highest BCUT2D eigenvalue weighted by molar-refractivity contribution is 7.91. The second-order valence-corrected chi connectivity index (χ2v) is 11.4. The van der Waals surface area contributed by atoms with Crippen LogP contribution in [0.3, 0.4) is 0 Å². The first-order valence-electron chi connectivity index (χ1n) is 12.5. The molecule has 1 amide bonds. The van der Waals surface area contributed by atoms with E-state index in [1.165, 1.54) is 30.6 Å². The number of rotatable bonds is 12. The number of hydrogen-bond donors (Lipinski definition) is 2. The molecule has 10 nitrogen and oxygen atoms in total. The molecule has 1 aromatic carbocycles. The molecule has 0 aliphatic heterocycles. The minimum absolute atomic E-state index is 0.288. The number of carbonyl (C=O) groups excluding carboxylic acids is 1. The molecule has 4 rings (SSSR count). The zero-order chi connectivity index (χ0) is 28.9. The van der Waals surface area contributed by atoms with Gasteiger partial charge in [0.15, 0.2) is 9.84 Å². The molecule has 1 unspecified atom stereocenters. The number of pyridine rings is 2. The highest BCUT2D eigenvalue weighted by Crippen LogP contribution is 2.28. The highest BCUT2D eigenvalue weighted by Gasteiger charge is 2.27. The van der Waals surface area contributed by atoms with Crippen molar-refractivity contribution in [2.75, 3.05) is 5.75 Å². The average Bonchev–Trinajstić information content (AvgIpc) is 3.37. The molecule has 12 heteroatoms. The first-order chi connectivity index (χ1) is 19.1. The van der Waals surface area contributed by atoms with Gasteiger partial charge in [-0.2, -0.15) is 5.10 Å². The standard InChI is InChI=1S/C28H28FN5O5S/c1-3-5-24(18-12-19(14-30-13-18)26(4-2)40(38,39)11-10-27(35)36)33-28(37)23-15-31-17-25-22(23)16-32-34(25)21-8-6-20(29)7-9-21/h4,6-9,12-17,24,26H,2-3,5,10-11H2,1H3,(H,33,37)(H,35,36)/t24-,26?/m0/s1. The minimum Gasteiger partial charge on any atom is -0.481 e. The van der Waals surface area contributed by atoms with Crippen molar-refractivity contribution in [2.24, 2.45) is 0 Å². The van der Waals surface area contributed by atoms with Gasteiger partial charge in [-0.1, -0.05) is 19.4 Å². The lowest BCUT2D eigenvalue weighted by molar-refractivity contribution is -0.136. The Labute approximate surface area is 230 Å². The van der Waals surface area contributed by atoms with Crippen LogP contribution in [-0.4, -0.2) is 50.9 Å². The van der Waals surface area contributed by atoms with Crippen molar-refractivity contribution in [3.8, 4) is 5.69 Å². The van der Waals surface area contributed by atoms with Gasteiger partial charge in [-0.15, -0.1) is 6.58 Å². The number of benzene rings is 1. The first kappa shape index (κ1) is 28.6. The molecule has 208 valence electrons. The minimum atomic E-state index is -3.85. The van der Waals surface area contributed by atoms with Gasteiger partial charge in [0.05, 0.1) is 47.4 Å². The predicted octanol–water partition coefficient (Wildman–Crippen LogP) is 4.34. The summed E-state index contributed by atoms with van der Waals surface area (Å²) in [6.07, 6.45) is 9.48. The fourth-order valence-electron chi connectivity index (χ4n) is 4.43. The van der Waals surface area contributed by atoms with Gasteiger partial charge in [-0.25, -0.2) is 17.5 Å². The molecule has 0 spiro atoms. The van der Waals surface area contributed by atoms with Crippen molar-refractivity contribution in [1.82, 2.24) is 25.1 Å². The Morgan fingerprint density at radius 3 is 2.48 bits per heavy atom. The average molecular weight is 566 g/mol. The van der Waals surface area contributed by atoms with Crippen molar-refractivity contribution in [3.05, 3.63) is 96.5 Å². The van der Waals surface area contributed by atoms with Crippen LogP contribution in [0.25, 0.3) is 16.6 Å². The van der Waals surface area contributed by atoms with E-state index in [2.05, 4.69) is 27.0 Å². The Kier molecular flexibility index (Phi) is 8.68. The highest BCUT2D eigenvalue weighted by atomic mass is 32.2. The number of aromatic nitrogens is 4. The summed E-state index contributed by atoms with van der Waals surface area (Å²) in [7, 11) is -3.85. The van der Waals surface area contributed by atoms with Gasteiger partial charge >= 0.3 is 5.97 Å². The van der Waals surface area contributed by atoms with Crippen LogP contribution in [0.15, 0.2) is 74.0 Å². The summed E-state index contributed by atoms with van der Waals surface area (Å²) < 4.78 is 40.6. The molecule has 0 saturated heterocycles. The van der Waals surface area contributed by atoms with E-state index in [-0.39, 0.29) is 11.4 Å². The van der Waals surface area contributed by atoms with Gasteiger partial charge in [0.2, 0.25) is 0 Å². The van der Waals surface area contributed by atoms with Crippen molar-refractivity contribution in [2.45, 2.75) is 37.5 Å². The molecule has 2 atom stereocenters. The molecule has 2 N–H and O–H groups in total. The maximum Gasteiger partial charge on any atom is 0.304 e. The molecule has 0 saturated carbocycles. The molecule has 0 aliphatic carbocycles. The maximum absolute atomic E-state index is 13.5. The summed E-state index contributed by atoms with van der Waals surface area (Å²) >= 11 is 0. The van der Waals surface area contributed by atoms with E-state index in [4.69, 9.17) is 5.11 Å². The van der Waals surface area contributed by atoms with E-state index in [0.717, 1.165) is 0 Å². The van der Waals surface area contributed by atoms with Gasteiger partial charge < -0.3 is 10.4 Å². The molecule has 0 fully saturated rings. The number of amides is 1. The zero-order valence-electron chi connectivity index (χ0n) is 21.7. The second kappa shape index (κ2) is 12.2. The summed E-state index contributed by atoms with van der Waals surface area (Å²) in [6, 6.07) is 6.93. The Balaban J connectivity index is 1.62. The topological polar surface area (TPSA) is 144 Å².